The van der Waals surface area contributed by atoms with Crippen molar-refractivity contribution in [3.63, 3.8) is 0 Å². The van der Waals surface area contributed by atoms with E-state index in [1.807, 2.05) is 6.92 Å². The molecule has 1 atom stereocenters. The molecule has 0 saturated carbocycles. The molecule has 0 saturated heterocycles. The molecule has 0 aliphatic rings. The van der Waals surface area contributed by atoms with Crippen molar-refractivity contribution in [1.82, 2.24) is 0 Å². The molecular formula is C15H26O2S. The highest BCUT2D eigenvalue weighted by Gasteiger charge is 2.35. The Labute approximate surface area is 115 Å². The SMILES string of the molecule is CCOC(CC)(CC)C(O)Cc1ccc(CC)s1. The molecule has 3 heteroatoms. The van der Waals surface area contributed by atoms with Gasteiger partial charge in [-0.1, -0.05) is 20.8 Å². The second kappa shape index (κ2) is 7.27. The van der Waals surface area contributed by atoms with Crippen molar-refractivity contribution in [1.29, 1.82) is 0 Å². The van der Waals surface area contributed by atoms with Crippen LogP contribution in [0.2, 0.25) is 0 Å². The zero-order valence-electron chi connectivity index (χ0n) is 12.0. The van der Waals surface area contributed by atoms with Crippen LogP contribution < -0.4 is 0 Å². The summed E-state index contributed by atoms with van der Waals surface area (Å²) in [7, 11) is 0. The molecule has 0 aliphatic heterocycles. The van der Waals surface area contributed by atoms with E-state index in [4.69, 9.17) is 4.74 Å². The van der Waals surface area contributed by atoms with E-state index in [0.29, 0.717) is 13.0 Å². The quantitative estimate of drug-likeness (QED) is 0.778. The van der Waals surface area contributed by atoms with Gasteiger partial charge < -0.3 is 9.84 Å². The molecule has 0 fully saturated rings. The van der Waals surface area contributed by atoms with Gasteiger partial charge in [0.25, 0.3) is 0 Å². The summed E-state index contributed by atoms with van der Waals surface area (Å²) in [5.74, 6) is 0. The fourth-order valence-electron chi connectivity index (χ4n) is 2.41. The number of aliphatic hydroxyl groups is 1. The van der Waals surface area contributed by atoms with Gasteiger partial charge in [0.1, 0.15) is 0 Å². The molecule has 2 nitrogen and oxygen atoms in total. The zero-order valence-corrected chi connectivity index (χ0v) is 12.8. The lowest BCUT2D eigenvalue weighted by Gasteiger charge is -2.36. The predicted molar refractivity (Wildman–Crippen MR) is 78.3 cm³/mol. The van der Waals surface area contributed by atoms with Crippen LogP contribution >= 0.6 is 11.3 Å². The summed E-state index contributed by atoms with van der Waals surface area (Å²) in [5, 5.41) is 10.5. The molecular weight excluding hydrogens is 244 g/mol. The predicted octanol–water partition coefficient (Wildman–Crippen LogP) is 3.81. The van der Waals surface area contributed by atoms with Crippen LogP contribution in [0.5, 0.6) is 0 Å². The van der Waals surface area contributed by atoms with Gasteiger partial charge in [0.05, 0.1) is 11.7 Å². The topological polar surface area (TPSA) is 29.5 Å². The fraction of sp³-hybridized carbons (Fsp3) is 0.733. The Morgan fingerprint density at radius 1 is 1.17 bits per heavy atom. The normalized spacial score (nSPS) is 13.8. The van der Waals surface area contributed by atoms with Crippen molar-refractivity contribution in [2.45, 2.75) is 65.1 Å². The van der Waals surface area contributed by atoms with Gasteiger partial charge in [0.15, 0.2) is 0 Å². The molecule has 1 N–H and O–H groups in total. The van der Waals surface area contributed by atoms with Crippen molar-refractivity contribution in [2.24, 2.45) is 0 Å². The first-order valence-electron chi connectivity index (χ1n) is 7.01. The summed E-state index contributed by atoms with van der Waals surface area (Å²) in [6.07, 6.45) is 3.05. The molecule has 0 spiro atoms. The maximum absolute atomic E-state index is 10.5. The summed E-state index contributed by atoms with van der Waals surface area (Å²) in [4.78, 5) is 2.64. The van der Waals surface area contributed by atoms with Crippen LogP contribution in [0.15, 0.2) is 12.1 Å². The summed E-state index contributed by atoms with van der Waals surface area (Å²) in [6, 6.07) is 4.29. The van der Waals surface area contributed by atoms with E-state index in [9.17, 15) is 5.11 Å². The van der Waals surface area contributed by atoms with Crippen LogP contribution in [0.4, 0.5) is 0 Å². The molecule has 0 bridgehead atoms. The molecule has 1 unspecified atom stereocenters. The maximum Gasteiger partial charge on any atom is 0.0938 e. The molecule has 18 heavy (non-hydrogen) atoms. The van der Waals surface area contributed by atoms with Gasteiger partial charge in [0, 0.05) is 22.8 Å². The lowest BCUT2D eigenvalue weighted by molar-refractivity contribution is -0.124. The Morgan fingerprint density at radius 2 is 1.78 bits per heavy atom. The summed E-state index contributed by atoms with van der Waals surface area (Å²) in [6.45, 7) is 8.99. The average Bonchev–Trinajstić information content (AvgIpc) is 2.83. The highest BCUT2D eigenvalue weighted by Crippen LogP contribution is 2.29. The molecule has 0 amide bonds. The van der Waals surface area contributed by atoms with Gasteiger partial charge in [-0.3, -0.25) is 0 Å². The first kappa shape index (κ1) is 15.7. The molecule has 0 aliphatic carbocycles. The van der Waals surface area contributed by atoms with Gasteiger partial charge in [-0.25, -0.2) is 0 Å². The van der Waals surface area contributed by atoms with Crippen molar-refractivity contribution in [3.8, 4) is 0 Å². The molecule has 1 aromatic heterocycles. The number of aryl methyl sites for hydroxylation is 1. The fourth-order valence-corrected chi connectivity index (χ4v) is 3.40. The lowest BCUT2D eigenvalue weighted by Crippen LogP contribution is -2.45. The lowest BCUT2D eigenvalue weighted by atomic mass is 9.88. The maximum atomic E-state index is 10.5. The van der Waals surface area contributed by atoms with Crippen molar-refractivity contribution in [2.75, 3.05) is 6.61 Å². The van der Waals surface area contributed by atoms with Crippen LogP contribution in [0.3, 0.4) is 0 Å². The van der Waals surface area contributed by atoms with E-state index in [-0.39, 0.29) is 5.60 Å². The second-order valence-corrected chi connectivity index (χ2v) is 5.90. The average molecular weight is 270 g/mol. The Hall–Kier alpha value is -0.380. The number of aliphatic hydroxyl groups excluding tert-OH is 1. The number of hydrogen-bond donors (Lipinski definition) is 1. The van der Waals surface area contributed by atoms with E-state index in [1.54, 1.807) is 11.3 Å². The van der Waals surface area contributed by atoms with Crippen molar-refractivity contribution in [3.05, 3.63) is 21.9 Å². The molecule has 104 valence electrons. The highest BCUT2D eigenvalue weighted by atomic mass is 32.1. The van der Waals surface area contributed by atoms with Gasteiger partial charge in [-0.2, -0.15) is 0 Å². The van der Waals surface area contributed by atoms with Crippen molar-refractivity contribution >= 4 is 11.3 Å². The minimum absolute atomic E-state index is 0.384. The summed E-state index contributed by atoms with van der Waals surface area (Å²) in [5.41, 5.74) is -0.384. The van der Waals surface area contributed by atoms with Crippen molar-refractivity contribution < 1.29 is 9.84 Å². The third-order valence-corrected chi connectivity index (χ3v) is 4.95. The summed E-state index contributed by atoms with van der Waals surface area (Å²) < 4.78 is 5.85. The van der Waals surface area contributed by atoms with Crippen LogP contribution in [0.1, 0.15) is 50.3 Å². The monoisotopic (exact) mass is 270 g/mol. The Balaban J connectivity index is 2.74. The molecule has 1 heterocycles. The number of thiophene rings is 1. The number of ether oxygens (including phenoxy) is 1. The minimum atomic E-state index is -0.421. The van der Waals surface area contributed by atoms with Gasteiger partial charge >= 0.3 is 0 Å². The highest BCUT2D eigenvalue weighted by molar-refractivity contribution is 7.11. The molecule has 0 radical (unpaired) electrons. The summed E-state index contributed by atoms with van der Waals surface area (Å²) >= 11 is 1.80. The van der Waals surface area contributed by atoms with E-state index >= 15 is 0 Å². The first-order chi connectivity index (χ1) is 8.61. The van der Waals surface area contributed by atoms with E-state index < -0.39 is 6.10 Å². The van der Waals surface area contributed by atoms with Crippen LogP contribution in [0, 0.1) is 0 Å². The Morgan fingerprint density at radius 3 is 2.22 bits per heavy atom. The standard InChI is InChI=1S/C15H26O2S/c1-5-12-9-10-13(18-12)11-14(16)15(6-2,7-3)17-8-4/h9-10,14,16H,5-8,11H2,1-4H3. The second-order valence-electron chi connectivity index (χ2n) is 4.65. The largest absolute Gasteiger partial charge is 0.390 e. The van der Waals surface area contributed by atoms with E-state index in [1.165, 1.54) is 9.75 Å². The Bertz CT molecular complexity index is 342. The third kappa shape index (κ3) is 3.56. The first-order valence-corrected chi connectivity index (χ1v) is 7.83. The minimum Gasteiger partial charge on any atom is -0.390 e. The molecule has 0 aromatic carbocycles. The van der Waals surface area contributed by atoms with Gasteiger partial charge in [-0.05, 0) is 38.3 Å². The number of rotatable bonds is 8. The van der Waals surface area contributed by atoms with E-state index in [2.05, 4.69) is 32.9 Å². The van der Waals surface area contributed by atoms with E-state index in [0.717, 1.165) is 19.3 Å². The van der Waals surface area contributed by atoms with Crippen LogP contribution in [-0.2, 0) is 17.6 Å². The smallest absolute Gasteiger partial charge is 0.0938 e. The zero-order chi connectivity index (χ0) is 13.6. The van der Waals surface area contributed by atoms with Crippen LogP contribution in [-0.4, -0.2) is 23.4 Å². The molecule has 1 aromatic rings. The number of hydrogen-bond acceptors (Lipinski definition) is 3. The van der Waals surface area contributed by atoms with Crippen LogP contribution in [0.25, 0.3) is 0 Å². The molecule has 1 rings (SSSR count). The van der Waals surface area contributed by atoms with Gasteiger partial charge in [-0.15, -0.1) is 11.3 Å². The Kier molecular flexibility index (Phi) is 6.33. The third-order valence-electron chi connectivity index (χ3n) is 3.70. The van der Waals surface area contributed by atoms with Gasteiger partial charge in [0.2, 0.25) is 0 Å².